The Labute approximate surface area is 141 Å². The van der Waals surface area contributed by atoms with E-state index in [4.69, 9.17) is 16.3 Å². The molecule has 1 heterocycles. The molecule has 1 amide bonds. The molecule has 1 atom stereocenters. The Kier molecular flexibility index (Phi) is 6.02. The lowest BCUT2D eigenvalue weighted by atomic mass is 10.2. The zero-order valence-electron chi connectivity index (χ0n) is 13.2. The average molecular weight is 361 g/mol. The van der Waals surface area contributed by atoms with Crippen LogP contribution in [0.3, 0.4) is 0 Å². The highest BCUT2D eigenvalue weighted by molar-refractivity contribution is 7.89. The number of amides is 1. The molecule has 0 radical (unpaired) electrons. The Hall–Kier alpha value is -1.15. The number of sulfonamides is 1. The van der Waals surface area contributed by atoms with Crippen LogP contribution >= 0.6 is 11.6 Å². The largest absolute Gasteiger partial charge is 0.379 e. The van der Waals surface area contributed by atoms with Crippen LogP contribution in [-0.4, -0.2) is 51.0 Å². The van der Waals surface area contributed by atoms with Crippen LogP contribution in [0, 0.1) is 0 Å². The van der Waals surface area contributed by atoms with E-state index in [-0.39, 0.29) is 27.4 Å². The number of morpholine rings is 1. The van der Waals surface area contributed by atoms with Gasteiger partial charge in [-0.2, -0.15) is 4.31 Å². The Morgan fingerprint density at radius 3 is 2.65 bits per heavy atom. The molecule has 23 heavy (non-hydrogen) atoms. The Balaban J connectivity index is 2.30. The maximum atomic E-state index is 12.6. The number of hydrogen-bond donors (Lipinski definition) is 1. The van der Waals surface area contributed by atoms with E-state index in [1.807, 2.05) is 13.8 Å². The smallest absolute Gasteiger partial charge is 0.253 e. The second-order valence-electron chi connectivity index (χ2n) is 5.44. The second kappa shape index (κ2) is 7.61. The minimum atomic E-state index is -3.65. The summed E-state index contributed by atoms with van der Waals surface area (Å²) in [6.45, 7) is 5.17. The molecule has 1 saturated heterocycles. The van der Waals surface area contributed by atoms with Crippen molar-refractivity contribution >= 4 is 27.5 Å². The number of ether oxygens (including phenoxy) is 1. The number of nitrogens with one attached hydrogen (secondary N) is 1. The molecular formula is C15H21ClN2O4S. The van der Waals surface area contributed by atoms with E-state index in [0.717, 1.165) is 6.42 Å². The molecule has 1 aliphatic heterocycles. The fourth-order valence-corrected chi connectivity index (χ4v) is 3.82. The van der Waals surface area contributed by atoms with Gasteiger partial charge in [0, 0.05) is 19.1 Å². The molecule has 8 heteroatoms. The number of carbonyl (C=O) groups excluding carboxylic acids is 1. The van der Waals surface area contributed by atoms with Crippen molar-refractivity contribution in [2.24, 2.45) is 0 Å². The summed E-state index contributed by atoms with van der Waals surface area (Å²) in [6, 6.07) is 4.19. The molecule has 1 aromatic rings. The van der Waals surface area contributed by atoms with E-state index < -0.39 is 10.0 Å². The third-order valence-corrected chi connectivity index (χ3v) is 6.00. The number of nitrogens with zero attached hydrogens (tertiary/aromatic N) is 1. The van der Waals surface area contributed by atoms with Crippen LogP contribution in [0.5, 0.6) is 0 Å². The molecule has 1 aromatic carbocycles. The van der Waals surface area contributed by atoms with Gasteiger partial charge < -0.3 is 10.1 Å². The first kappa shape index (κ1) is 18.2. The first-order chi connectivity index (χ1) is 10.9. The van der Waals surface area contributed by atoms with Crippen molar-refractivity contribution in [1.82, 2.24) is 9.62 Å². The summed E-state index contributed by atoms with van der Waals surface area (Å²) in [4.78, 5) is 12.3. The third kappa shape index (κ3) is 4.23. The number of benzene rings is 1. The van der Waals surface area contributed by atoms with Crippen LogP contribution < -0.4 is 5.32 Å². The molecule has 1 aliphatic rings. The van der Waals surface area contributed by atoms with Gasteiger partial charge in [0.15, 0.2) is 0 Å². The number of carbonyl (C=O) groups is 1. The predicted octanol–water partition coefficient (Wildman–Crippen LogP) is 1.89. The van der Waals surface area contributed by atoms with E-state index in [1.165, 1.54) is 22.5 Å². The second-order valence-corrected chi connectivity index (χ2v) is 7.79. The van der Waals surface area contributed by atoms with Gasteiger partial charge in [-0.3, -0.25) is 4.79 Å². The minimum absolute atomic E-state index is 0.0157. The molecule has 0 aliphatic carbocycles. The van der Waals surface area contributed by atoms with Gasteiger partial charge in [-0.15, -0.1) is 0 Å². The van der Waals surface area contributed by atoms with Crippen molar-refractivity contribution in [1.29, 1.82) is 0 Å². The van der Waals surface area contributed by atoms with Gasteiger partial charge in [0.25, 0.3) is 5.91 Å². The molecule has 2 rings (SSSR count). The van der Waals surface area contributed by atoms with Gasteiger partial charge in [0.05, 0.1) is 28.7 Å². The molecule has 0 unspecified atom stereocenters. The van der Waals surface area contributed by atoms with Crippen molar-refractivity contribution in [2.45, 2.75) is 31.2 Å². The quantitative estimate of drug-likeness (QED) is 0.870. The Morgan fingerprint density at radius 1 is 1.39 bits per heavy atom. The maximum Gasteiger partial charge on any atom is 0.253 e. The normalized spacial score (nSPS) is 17.7. The highest BCUT2D eigenvalue weighted by Gasteiger charge is 2.27. The highest BCUT2D eigenvalue weighted by Crippen LogP contribution is 2.23. The Morgan fingerprint density at radius 2 is 2.04 bits per heavy atom. The lowest BCUT2D eigenvalue weighted by molar-refractivity contribution is 0.0730. The van der Waals surface area contributed by atoms with Crippen LogP contribution in [0.2, 0.25) is 5.02 Å². The van der Waals surface area contributed by atoms with Crippen molar-refractivity contribution in [3.05, 3.63) is 28.8 Å². The third-order valence-electron chi connectivity index (χ3n) is 3.78. The molecule has 1 fully saturated rings. The van der Waals surface area contributed by atoms with Crippen LogP contribution in [0.25, 0.3) is 0 Å². The average Bonchev–Trinajstić information content (AvgIpc) is 2.55. The van der Waals surface area contributed by atoms with Crippen molar-refractivity contribution in [3.63, 3.8) is 0 Å². The van der Waals surface area contributed by atoms with E-state index in [2.05, 4.69) is 5.32 Å². The van der Waals surface area contributed by atoms with Gasteiger partial charge in [-0.25, -0.2) is 8.42 Å². The van der Waals surface area contributed by atoms with Gasteiger partial charge in [0.1, 0.15) is 0 Å². The molecule has 0 bridgehead atoms. The standard InChI is InChI=1S/C15H21ClN2O4S/c1-3-11(2)17-15(19)13-10-12(4-5-14(13)16)23(20,21)18-6-8-22-9-7-18/h4-5,10-11H,3,6-9H2,1-2H3,(H,17,19)/t11-/m0/s1. The zero-order chi connectivity index (χ0) is 17.0. The molecule has 1 N–H and O–H groups in total. The SMILES string of the molecule is CC[C@H](C)NC(=O)c1cc(S(=O)(=O)N2CCOCC2)ccc1Cl. The summed E-state index contributed by atoms with van der Waals surface area (Å²) in [6.07, 6.45) is 0.773. The van der Waals surface area contributed by atoms with Crippen molar-refractivity contribution in [3.8, 4) is 0 Å². The molecule has 0 aromatic heterocycles. The summed E-state index contributed by atoms with van der Waals surface area (Å²) in [5, 5.41) is 3.02. The zero-order valence-corrected chi connectivity index (χ0v) is 14.8. The summed E-state index contributed by atoms with van der Waals surface area (Å²) >= 11 is 6.06. The maximum absolute atomic E-state index is 12.6. The molecule has 0 saturated carbocycles. The predicted molar refractivity (Wildman–Crippen MR) is 88.2 cm³/mol. The highest BCUT2D eigenvalue weighted by atomic mass is 35.5. The fourth-order valence-electron chi connectivity index (χ4n) is 2.18. The van der Waals surface area contributed by atoms with Gasteiger partial charge >= 0.3 is 0 Å². The van der Waals surface area contributed by atoms with E-state index in [1.54, 1.807) is 0 Å². The van der Waals surface area contributed by atoms with Crippen molar-refractivity contribution in [2.75, 3.05) is 26.3 Å². The van der Waals surface area contributed by atoms with Crippen LogP contribution in [0.4, 0.5) is 0 Å². The summed E-state index contributed by atoms with van der Waals surface area (Å²) < 4.78 is 31.8. The topological polar surface area (TPSA) is 75.7 Å². The summed E-state index contributed by atoms with van der Waals surface area (Å²) in [5.74, 6) is -0.372. The monoisotopic (exact) mass is 360 g/mol. The molecule has 0 spiro atoms. The van der Waals surface area contributed by atoms with Crippen molar-refractivity contribution < 1.29 is 17.9 Å². The number of rotatable bonds is 5. The van der Waals surface area contributed by atoms with E-state index in [9.17, 15) is 13.2 Å². The van der Waals surface area contributed by atoms with Gasteiger partial charge in [-0.1, -0.05) is 18.5 Å². The first-order valence-electron chi connectivity index (χ1n) is 7.54. The van der Waals surface area contributed by atoms with Crippen LogP contribution in [-0.2, 0) is 14.8 Å². The number of hydrogen-bond acceptors (Lipinski definition) is 4. The van der Waals surface area contributed by atoms with E-state index >= 15 is 0 Å². The van der Waals surface area contributed by atoms with Crippen LogP contribution in [0.1, 0.15) is 30.6 Å². The molecule has 128 valence electrons. The minimum Gasteiger partial charge on any atom is -0.379 e. The first-order valence-corrected chi connectivity index (χ1v) is 9.36. The van der Waals surface area contributed by atoms with Gasteiger partial charge in [-0.05, 0) is 31.5 Å². The lowest BCUT2D eigenvalue weighted by Gasteiger charge is -2.26. The van der Waals surface area contributed by atoms with E-state index in [0.29, 0.717) is 26.3 Å². The van der Waals surface area contributed by atoms with Crippen LogP contribution in [0.15, 0.2) is 23.1 Å². The molecule has 6 nitrogen and oxygen atoms in total. The summed E-state index contributed by atoms with van der Waals surface area (Å²) in [5.41, 5.74) is 0.168. The Bertz CT molecular complexity index is 672. The molecular weight excluding hydrogens is 340 g/mol. The van der Waals surface area contributed by atoms with Gasteiger partial charge in [0.2, 0.25) is 10.0 Å². The lowest BCUT2D eigenvalue weighted by Crippen LogP contribution is -2.40. The summed E-state index contributed by atoms with van der Waals surface area (Å²) in [7, 11) is -3.65. The fraction of sp³-hybridized carbons (Fsp3) is 0.533. The number of halogens is 1.